The van der Waals surface area contributed by atoms with E-state index in [0.29, 0.717) is 37.5 Å². The molecule has 1 aliphatic rings. The Bertz CT molecular complexity index is 1180. The maximum Gasteiger partial charge on any atom is 0.295 e. The molecule has 4 rings (SSSR count). The fraction of sp³-hybridized carbons (Fsp3) is 0.280. The number of methoxy groups -OCH3 is 1. The summed E-state index contributed by atoms with van der Waals surface area (Å²) in [5, 5.41) is 12.1. The molecule has 1 aromatic heterocycles. The minimum absolute atomic E-state index is 0.0748. The van der Waals surface area contributed by atoms with Crippen LogP contribution in [0.1, 0.15) is 30.5 Å². The first-order chi connectivity index (χ1) is 15.6. The van der Waals surface area contributed by atoms with E-state index in [-0.39, 0.29) is 11.3 Å². The normalized spacial score (nSPS) is 17.9. The molecule has 1 amide bonds. The van der Waals surface area contributed by atoms with Crippen molar-refractivity contribution in [1.82, 2.24) is 9.88 Å². The molecule has 2 N–H and O–H groups in total. The molecular weight excluding hydrogens is 408 g/mol. The van der Waals surface area contributed by atoms with Gasteiger partial charge in [-0.1, -0.05) is 30.3 Å². The van der Waals surface area contributed by atoms with E-state index in [1.165, 1.54) is 4.90 Å². The van der Waals surface area contributed by atoms with Crippen LogP contribution in [-0.2, 0) is 14.3 Å². The zero-order chi connectivity index (χ0) is 22.7. The molecule has 166 valence electrons. The van der Waals surface area contributed by atoms with Crippen molar-refractivity contribution in [1.29, 1.82) is 0 Å². The zero-order valence-electron chi connectivity index (χ0n) is 18.1. The summed E-state index contributed by atoms with van der Waals surface area (Å²) in [5.74, 6) is -0.958. The van der Waals surface area contributed by atoms with E-state index < -0.39 is 17.7 Å². The minimum atomic E-state index is -0.709. The maximum atomic E-state index is 13.1. The van der Waals surface area contributed by atoms with Crippen molar-refractivity contribution in [3.63, 3.8) is 0 Å². The van der Waals surface area contributed by atoms with Crippen LogP contribution in [0, 0.1) is 0 Å². The number of carbonyl (C=O) groups is 2. The Morgan fingerprint density at radius 1 is 1.16 bits per heavy atom. The van der Waals surface area contributed by atoms with Gasteiger partial charge in [-0.3, -0.25) is 9.59 Å². The molecule has 2 aromatic carbocycles. The number of para-hydroxylation sites is 1. The van der Waals surface area contributed by atoms with Gasteiger partial charge in [0.25, 0.3) is 11.7 Å². The lowest BCUT2D eigenvalue weighted by atomic mass is 9.95. The lowest BCUT2D eigenvalue weighted by Gasteiger charge is -2.24. The second-order valence-electron chi connectivity index (χ2n) is 7.59. The summed E-state index contributed by atoms with van der Waals surface area (Å²) in [5.41, 5.74) is 2.16. The molecule has 1 aliphatic heterocycles. The first-order valence-electron chi connectivity index (χ1n) is 10.6. The molecule has 2 heterocycles. The average molecular weight is 434 g/mol. The number of Topliss-reactive ketones (excluding diaryl/α,β-unsaturated/α-hetero) is 1. The summed E-state index contributed by atoms with van der Waals surface area (Å²) in [7, 11) is 1.59. The number of nitrogens with one attached hydrogen (secondary N) is 1. The van der Waals surface area contributed by atoms with Gasteiger partial charge in [0.15, 0.2) is 0 Å². The highest BCUT2D eigenvalue weighted by molar-refractivity contribution is 6.46. The van der Waals surface area contributed by atoms with Crippen LogP contribution in [0.3, 0.4) is 0 Å². The number of H-pyrrole nitrogens is 1. The van der Waals surface area contributed by atoms with Crippen molar-refractivity contribution >= 4 is 28.4 Å². The van der Waals surface area contributed by atoms with E-state index in [0.717, 1.165) is 16.5 Å². The number of carbonyl (C=O) groups excluding carboxylic acids is 2. The summed E-state index contributed by atoms with van der Waals surface area (Å²) in [6.07, 6.45) is 2.37. The Morgan fingerprint density at radius 3 is 2.75 bits per heavy atom. The Labute approximate surface area is 186 Å². The number of aromatic nitrogens is 1. The number of aliphatic hydroxyl groups excluding tert-OH is 1. The number of fused-ring (bicyclic) bond motifs is 1. The number of aliphatic hydroxyl groups is 1. The number of nitrogens with zero attached hydrogens (tertiary/aromatic N) is 1. The number of likely N-dealkylation sites (tertiary alicyclic amines) is 1. The quantitative estimate of drug-likeness (QED) is 0.242. The van der Waals surface area contributed by atoms with Crippen molar-refractivity contribution in [2.75, 3.05) is 26.9 Å². The predicted octanol–water partition coefficient (Wildman–Crippen LogP) is 4.02. The number of ketones is 1. The molecule has 32 heavy (non-hydrogen) atoms. The highest BCUT2D eigenvalue weighted by atomic mass is 16.5. The molecule has 7 nitrogen and oxygen atoms in total. The predicted molar refractivity (Wildman–Crippen MR) is 121 cm³/mol. The van der Waals surface area contributed by atoms with Crippen LogP contribution in [0.15, 0.2) is 60.3 Å². The monoisotopic (exact) mass is 434 g/mol. The fourth-order valence-corrected chi connectivity index (χ4v) is 4.19. The SMILES string of the molecule is CCOc1cccc(/C(O)=C2\C(=O)C(=O)N(CCCOC)C2c2c[nH]c3ccccc23)c1. The van der Waals surface area contributed by atoms with Crippen LogP contribution < -0.4 is 4.74 Å². The van der Waals surface area contributed by atoms with Gasteiger partial charge >= 0.3 is 0 Å². The van der Waals surface area contributed by atoms with Gasteiger partial charge in [0.05, 0.1) is 18.2 Å². The van der Waals surface area contributed by atoms with Gasteiger partial charge in [-0.25, -0.2) is 0 Å². The largest absolute Gasteiger partial charge is 0.507 e. The highest BCUT2D eigenvalue weighted by Gasteiger charge is 2.46. The standard InChI is InChI=1S/C25H26N2O5/c1-3-32-17-9-6-8-16(14-17)23(28)21-22(19-15-26-20-11-5-4-10-18(19)20)27(12-7-13-31-2)25(30)24(21)29/h4-6,8-11,14-15,22,26,28H,3,7,12-13H2,1-2H3/b23-21+. The number of rotatable bonds is 8. The first-order valence-corrected chi connectivity index (χ1v) is 10.6. The second kappa shape index (κ2) is 9.28. The van der Waals surface area contributed by atoms with Gasteiger partial charge in [0.2, 0.25) is 0 Å². The summed E-state index contributed by atoms with van der Waals surface area (Å²) in [6.45, 7) is 3.14. The smallest absolute Gasteiger partial charge is 0.295 e. The number of hydrogen-bond donors (Lipinski definition) is 2. The summed E-state index contributed by atoms with van der Waals surface area (Å²) >= 11 is 0. The Kier molecular flexibility index (Phi) is 6.28. The van der Waals surface area contributed by atoms with Gasteiger partial charge < -0.3 is 24.5 Å². The van der Waals surface area contributed by atoms with E-state index in [1.807, 2.05) is 31.2 Å². The van der Waals surface area contributed by atoms with Crippen molar-refractivity contribution in [3.05, 3.63) is 71.4 Å². The third-order valence-corrected chi connectivity index (χ3v) is 5.62. The third kappa shape index (κ3) is 3.87. The maximum absolute atomic E-state index is 13.1. The third-order valence-electron chi connectivity index (χ3n) is 5.62. The van der Waals surface area contributed by atoms with Crippen molar-refractivity contribution in [3.8, 4) is 5.75 Å². The molecule has 1 saturated heterocycles. The highest BCUT2D eigenvalue weighted by Crippen LogP contribution is 2.42. The van der Waals surface area contributed by atoms with E-state index in [9.17, 15) is 14.7 Å². The Morgan fingerprint density at radius 2 is 1.97 bits per heavy atom. The van der Waals surface area contributed by atoms with Crippen LogP contribution in [0.4, 0.5) is 0 Å². The molecule has 7 heteroatoms. The first kappa shape index (κ1) is 21.6. The number of hydrogen-bond acceptors (Lipinski definition) is 5. The lowest BCUT2D eigenvalue weighted by Crippen LogP contribution is -2.31. The fourth-order valence-electron chi connectivity index (χ4n) is 4.19. The van der Waals surface area contributed by atoms with Gasteiger partial charge in [-0.15, -0.1) is 0 Å². The van der Waals surface area contributed by atoms with Gasteiger partial charge in [-0.05, 0) is 31.5 Å². The molecule has 0 bridgehead atoms. The van der Waals surface area contributed by atoms with Crippen LogP contribution in [0.5, 0.6) is 5.75 Å². The van der Waals surface area contributed by atoms with Crippen LogP contribution >= 0.6 is 0 Å². The van der Waals surface area contributed by atoms with Gasteiger partial charge in [-0.2, -0.15) is 0 Å². The summed E-state index contributed by atoms with van der Waals surface area (Å²) < 4.78 is 10.7. The lowest BCUT2D eigenvalue weighted by molar-refractivity contribution is -0.140. The van der Waals surface area contributed by atoms with Crippen molar-refractivity contribution in [2.24, 2.45) is 0 Å². The molecule has 3 aromatic rings. The van der Waals surface area contributed by atoms with Gasteiger partial charge in [0.1, 0.15) is 11.5 Å². The number of aromatic amines is 1. The summed E-state index contributed by atoms with van der Waals surface area (Å²) in [6, 6.07) is 13.9. The van der Waals surface area contributed by atoms with E-state index in [4.69, 9.17) is 9.47 Å². The van der Waals surface area contributed by atoms with Gasteiger partial charge in [0, 0.05) is 48.5 Å². The van der Waals surface area contributed by atoms with Crippen molar-refractivity contribution < 1.29 is 24.2 Å². The second-order valence-corrected chi connectivity index (χ2v) is 7.59. The molecule has 1 fully saturated rings. The molecule has 0 saturated carbocycles. The molecular formula is C25H26N2O5. The van der Waals surface area contributed by atoms with Crippen LogP contribution in [-0.4, -0.2) is 53.5 Å². The zero-order valence-corrected chi connectivity index (χ0v) is 18.1. The Hall–Kier alpha value is -3.58. The molecule has 1 unspecified atom stereocenters. The molecule has 0 radical (unpaired) electrons. The van der Waals surface area contributed by atoms with Crippen molar-refractivity contribution in [2.45, 2.75) is 19.4 Å². The average Bonchev–Trinajstić information content (AvgIpc) is 3.33. The number of ether oxygens (including phenoxy) is 2. The minimum Gasteiger partial charge on any atom is -0.507 e. The van der Waals surface area contributed by atoms with E-state index >= 15 is 0 Å². The van der Waals surface area contributed by atoms with Crippen LogP contribution in [0.2, 0.25) is 0 Å². The summed E-state index contributed by atoms with van der Waals surface area (Å²) in [4.78, 5) is 30.9. The molecule has 0 spiro atoms. The molecule has 1 atom stereocenters. The Balaban J connectivity index is 1.87. The topological polar surface area (TPSA) is 91.9 Å². The van der Waals surface area contributed by atoms with Crippen LogP contribution in [0.25, 0.3) is 16.7 Å². The van der Waals surface area contributed by atoms with E-state index in [1.54, 1.807) is 37.6 Å². The molecule has 0 aliphatic carbocycles. The number of amides is 1. The number of benzene rings is 2. The van der Waals surface area contributed by atoms with E-state index in [2.05, 4.69) is 4.98 Å².